The minimum atomic E-state index is -2.03. The summed E-state index contributed by atoms with van der Waals surface area (Å²) >= 11 is 0. The topological polar surface area (TPSA) is 101 Å². The average Bonchev–Trinajstić information content (AvgIpc) is 2.12. The van der Waals surface area contributed by atoms with Crippen LogP contribution in [-0.2, 0) is 0 Å². The van der Waals surface area contributed by atoms with E-state index < -0.39 is 37.7 Å². The van der Waals surface area contributed by atoms with Crippen molar-refractivity contribution in [1.82, 2.24) is 0 Å². The Morgan fingerprint density at radius 3 is 1.75 bits per heavy atom. The minimum absolute atomic E-state index is 0.781. The van der Waals surface area contributed by atoms with Crippen molar-refractivity contribution in [2.45, 2.75) is 24.5 Å². The van der Waals surface area contributed by atoms with Crippen molar-refractivity contribution in [3.05, 3.63) is 0 Å². The Hall–Kier alpha value is -0.270. The molecular formula is C6H13FO5. The number of rotatable bonds is 5. The first-order valence-electron chi connectivity index (χ1n) is 3.44. The molecule has 0 aromatic heterocycles. The van der Waals surface area contributed by atoms with E-state index in [-0.39, 0.29) is 0 Å². The average molecular weight is 184 g/mol. The summed E-state index contributed by atoms with van der Waals surface area (Å²) < 4.78 is 12.4. The molecule has 0 aliphatic rings. The van der Waals surface area contributed by atoms with Crippen molar-refractivity contribution in [1.29, 1.82) is 0 Å². The van der Waals surface area contributed by atoms with Crippen LogP contribution in [0.4, 0.5) is 4.39 Å². The van der Waals surface area contributed by atoms with Crippen LogP contribution >= 0.6 is 0 Å². The first-order valence-corrected chi connectivity index (χ1v) is 3.44. The fourth-order valence-electron chi connectivity index (χ4n) is 0.658. The van der Waals surface area contributed by atoms with Crippen LogP contribution in [0.1, 0.15) is 0 Å². The number of halogens is 1. The third kappa shape index (κ3) is 3.00. The second kappa shape index (κ2) is 5.39. The Balaban J connectivity index is 3.99. The third-order valence-electron chi connectivity index (χ3n) is 1.48. The summed E-state index contributed by atoms with van der Waals surface area (Å²) in [6.45, 7) is -1.73. The summed E-state index contributed by atoms with van der Waals surface area (Å²) in [4.78, 5) is 0. The molecule has 0 spiro atoms. The first kappa shape index (κ1) is 11.7. The molecule has 0 radical (unpaired) electrons. The van der Waals surface area contributed by atoms with E-state index in [9.17, 15) is 4.39 Å². The molecule has 0 saturated heterocycles. The van der Waals surface area contributed by atoms with Crippen molar-refractivity contribution < 1.29 is 29.9 Å². The second-order valence-corrected chi connectivity index (χ2v) is 2.43. The lowest BCUT2D eigenvalue weighted by Gasteiger charge is -2.22. The van der Waals surface area contributed by atoms with E-state index >= 15 is 0 Å². The van der Waals surface area contributed by atoms with E-state index in [0.717, 1.165) is 0 Å². The van der Waals surface area contributed by atoms with Gasteiger partial charge in [-0.2, -0.15) is 0 Å². The molecule has 0 rings (SSSR count). The molecule has 0 heterocycles. The zero-order valence-electron chi connectivity index (χ0n) is 6.34. The normalized spacial score (nSPS) is 21.5. The predicted octanol–water partition coefficient (Wildman–Crippen LogP) is -2.61. The van der Waals surface area contributed by atoms with Gasteiger partial charge in [0.15, 0.2) is 6.17 Å². The maximum absolute atomic E-state index is 12.4. The van der Waals surface area contributed by atoms with E-state index in [4.69, 9.17) is 25.5 Å². The highest BCUT2D eigenvalue weighted by molar-refractivity contribution is 4.80. The van der Waals surface area contributed by atoms with Crippen LogP contribution in [0.2, 0.25) is 0 Å². The summed E-state index contributed by atoms with van der Waals surface area (Å²) in [5.74, 6) is 0. The summed E-state index contributed by atoms with van der Waals surface area (Å²) in [6.07, 6.45) is -7.32. The molecule has 0 aromatic carbocycles. The van der Waals surface area contributed by atoms with Crippen LogP contribution in [-0.4, -0.2) is 63.2 Å². The van der Waals surface area contributed by atoms with Gasteiger partial charge in [0, 0.05) is 0 Å². The van der Waals surface area contributed by atoms with Gasteiger partial charge in [-0.3, -0.25) is 0 Å². The second-order valence-electron chi connectivity index (χ2n) is 2.43. The van der Waals surface area contributed by atoms with Gasteiger partial charge in [-0.1, -0.05) is 0 Å². The van der Waals surface area contributed by atoms with Crippen LogP contribution in [0, 0.1) is 0 Å². The Morgan fingerprint density at radius 2 is 1.42 bits per heavy atom. The summed E-state index contributed by atoms with van der Waals surface area (Å²) in [7, 11) is 0. The lowest BCUT2D eigenvalue weighted by Crippen LogP contribution is -2.45. The molecule has 0 fully saturated rings. The Labute approximate surface area is 68.7 Å². The molecule has 0 aromatic rings. The summed E-state index contributed by atoms with van der Waals surface area (Å²) in [6, 6.07) is 0. The smallest absolute Gasteiger partial charge is 0.151 e. The van der Waals surface area contributed by atoms with Gasteiger partial charge in [0.2, 0.25) is 0 Å². The Kier molecular flexibility index (Phi) is 5.27. The van der Waals surface area contributed by atoms with Crippen molar-refractivity contribution >= 4 is 0 Å². The highest BCUT2D eigenvalue weighted by Crippen LogP contribution is 2.07. The first-order chi connectivity index (χ1) is 5.54. The molecule has 6 heteroatoms. The van der Waals surface area contributed by atoms with Crippen LogP contribution in [0.5, 0.6) is 0 Å². The maximum atomic E-state index is 12.4. The van der Waals surface area contributed by atoms with Gasteiger partial charge in [0.05, 0.1) is 13.2 Å². The molecule has 12 heavy (non-hydrogen) atoms. The SMILES string of the molecule is OC[C@@H](F)[C@@H](O)[C@H](O)[C@@H](O)CO. The number of alkyl halides is 1. The molecule has 0 unspecified atom stereocenters. The zero-order valence-corrected chi connectivity index (χ0v) is 6.34. The zero-order chi connectivity index (χ0) is 9.72. The number of aliphatic hydroxyl groups excluding tert-OH is 5. The van der Waals surface area contributed by atoms with Gasteiger partial charge < -0.3 is 25.5 Å². The van der Waals surface area contributed by atoms with Crippen LogP contribution in [0.15, 0.2) is 0 Å². The summed E-state index contributed by atoms with van der Waals surface area (Å²) in [5.41, 5.74) is 0. The molecule has 0 bridgehead atoms. The van der Waals surface area contributed by atoms with Crippen molar-refractivity contribution in [3.8, 4) is 0 Å². The van der Waals surface area contributed by atoms with Gasteiger partial charge in [0.1, 0.15) is 18.3 Å². The molecular weight excluding hydrogens is 171 g/mol. The minimum Gasteiger partial charge on any atom is -0.394 e. The molecule has 0 aliphatic carbocycles. The Bertz CT molecular complexity index is 109. The van der Waals surface area contributed by atoms with E-state index in [1.54, 1.807) is 0 Å². The summed E-state index contributed by atoms with van der Waals surface area (Å²) in [5, 5.41) is 43.0. The van der Waals surface area contributed by atoms with Crippen LogP contribution < -0.4 is 0 Å². The van der Waals surface area contributed by atoms with Crippen molar-refractivity contribution in [2.75, 3.05) is 13.2 Å². The van der Waals surface area contributed by atoms with Gasteiger partial charge in [-0.05, 0) is 0 Å². The van der Waals surface area contributed by atoms with Crippen LogP contribution in [0.25, 0.3) is 0 Å². The fraction of sp³-hybridized carbons (Fsp3) is 1.00. The van der Waals surface area contributed by atoms with E-state index in [0.29, 0.717) is 0 Å². The molecule has 0 aliphatic heterocycles. The lowest BCUT2D eigenvalue weighted by molar-refractivity contribution is -0.106. The van der Waals surface area contributed by atoms with Gasteiger partial charge >= 0.3 is 0 Å². The highest BCUT2D eigenvalue weighted by Gasteiger charge is 2.30. The van der Waals surface area contributed by atoms with Gasteiger partial charge in [-0.25, -0.2) is 4.39 Å². The molecule has 5 nitrogen and oxygen atoms in total. The molecule has 5 N–H and O–H groups in total. The maximum Gasteiger partial charge on any atom is 0.151 e. The number of hydrogen-bond acceptors (Lipinski definition) is 5. The molecule has 4 atom stereocenters. The highest BCUT2D eigenvalue weighted by atomic mass is 19.1. The molecule has 0 amide bonds. The third-order valence-corrected chi connectivity index (χ3v) is 1.48. The molecule has 0 saturated carbocycles. The monoisotopic (exact) mass is 184 g/mol. The quantitative estimate of drug-likeness (QED) is 0.322. The van der Waals surface area contributed by atoms with E-state index in [2.05, 4.69) is 0 Å². The number of aliphatic hydroxyl groups is 5. The number of hydrogen-bond donors (Lipinski definition) is 5. The fourth-order valence-corrected chi connectivity index (χ4v) is 0.658. The predicted molar refractivity (Wildman–Crippen MR) is 37.1 cm³/mol. The molecule has 74 valence electrons. The van der Waals surface area contributed by atoms with E-state index in [1.807, 2.05) is 0 Å². The van der Waals surface area contributed by atoms with Gasteiger partial charge in [0.25, 0.3) is 0 Å². The Morgan fingerprint density at radius 1 is 0.917 bits per heavy atom. The van der Waals surface area contributed by atoms with Crippen LogP contribution in [0.3, 0.4) is 0 Å². The standard InChI is InChI=1S/C6H13FO5/c7-3(1-8)5(11)6(12)4(10)2-9/h3-6,8-12H,1-2H2/t3-,4+,5-,6-/m1/s1. The van der Waals surface area contributed by atoms with Crippen molar-refractivity contribution in [2.24, 2.45) is 0 Å². The van der Waals surface area contributed by atoms with Crippen molar-refractivity contribution in [3.63, 3.8) is 0 Å². The lowest BCUT2D eigenvalue weighted by atomic mass is 10.1. The largest absolute Gasteiger partial charge is 0.394 e. The van der Waals surface area contributed by atoms with Gasteiger partial charge in [-0.15, -0.1) is 0 Å². The van der Waals surface area contributed by atoms with E-state index in [1.165, 1.54) is 0 Å².